The largest absolute Gasteiger partial charge is 0.496 e. The fraction of sp³-hybridized carbons (Fsp3) is 0.353. The van der Waals surface area contributed by atoms with E-state index in [1.807, 2.05) is 0 Å². The molecule has 5 rings (SSSR count). The van der Waals surface area contributed by atoms with Crippen molar-refractivity contribution < 1.29 is 28.8 Å². The van der Waals surface area contributed by atoms with Gasteiger partial charge in [0.15, 0.2) is 11.2 Å². The summed E-state index contributed by atoms with van der Waals surface area (Å²) in [7, 11) is 1.50. The number of aliphatic hydroxyl groups excluding tert-OH is 1. The van der Waals surface area contributed by atoms with E-state index in [0.717, 1.165) is 0 Å². The minimum atomic E-state index is -1.53. The van der Waals surface area contributed by atoms with Crippen LogP contribution in [0.4, 0.5) is 0 Å². The summed E-state index contributed by atoms with van der Waals surface area (Å²) in [5, 5.41) is 21.6. The fourth-order valence-corrected chi connectivity index (χ4v) is 3.89. The molecule has 3 aliphatic rings. The number of methoxy groups -OCH3 is 1. The molecule has 0 saturated heterocycles. The number of hydrogen-bond acceptors (Lipinski definition) is 7. The van der Waals surface area contributed by atoms with Crippen molar-refractivity contribution in [2.24, 2.45) is 0 Å². The number of ether oxygens (including phenoxy) is 3. The quantitative estimate of drug-likeness (QED) is 0.759. The van der Waals surface area contributed by atoms with E-state index in [4.69, 9.17) is 18.6 Å². The van der Waals surface area contributed by atoms with Gasteiger partial charge in [-0.05, 0) is 24.5 Å². The fourth-order valence-electron chi connectivity index (χ4n) is 3.89. The van der Waals surface area contributed by atoms with E-state index in [2.05, 4.69) is 0 Å². The van der Waals surface area contributed by atoms with Gasteiger partial charge in [0.05, 0.1) is 36.0 Å². The molecule has 0 bridgehead atoms. The van der Waals surface area contributed by atoms with Gasteiger partial charge in [0, 0.05) is 6.07 Å². The van der Waals surface area contributed by atoms with Crippen LogP contribution in [0.15, 0.2) is 27.6 Å². The zero-order valence-corrected chi connectivity index (χ0v) is 12.7. The molecule has 3 atom stereocenters. The Balaban J connectivity index is 1.95. The third-order valence-corrected chi connectivity index (χ3v) is 4.99. The summed E-state index contributed by atoms with van der Waals surface area (Å²) >= 11 is 0. The number of benzene rings is 1. The summed E-state index contributed by atoms with van der Waals surface area (Å²) in [5.41, 5.74) is -0.611. The molecule has 0 radical (unpaired) electrons. The van der Waals surface area contributed by atoms with E-state index in [1.54, 1.807) is 6.07 Å². The van der Waals surface area contributed by atoms with Crippen LogP contribution < -0.4 is 15.1 Å². The van der Waals surface area contributed by atoms with Crippen LogP contribution in [0.1, 0.15) is 29.2 Å². The summed E-state index contributed by atoms with van der Waals surface area (Å²) in [6, 6.07) is 1.65. The Morgan fingerprint density at radius 2 is 2.25 bits per heavy atom. The van der Waals surface area contributed by atoms with Crippen LogP contribution in [0, 0.1) is 0 Å². The minimum Gasteiger partial charge on any atom is -0.496 e. The van der Waals surface area contributed by atoms with E-state index in [1.165, 1.54) is 19.4 Å². The standard InChI is InChI=1S/C17H14O7/c1-21-9-6-10-13(17(20)4-5-22-16(17)23-10)14-12(9)7-2-3-8(18)11(7)15(19)24-14/h4-6,8,16,18,20H,2-3H2,1H3/t8-,16-,17-/m1/s1. The van der Waals surface area contributed by atoms with Crippen molar-refractivity contribution in [2.75, 3.05) is 7.11 Å². The Kier molecular flexibility index (Phi) is 2.49. The second kappa shape index (κ2) is 4.31. The van der Waals surface area contributed by atoms with E-state index in [9.17, 15) is 15.0 Å². The average Bonchev–Trinajstić information content (AvgIpc) is 3.17. The molecular formula is C17H14O7. The molecule has 7 nitrogen and oxygen atoms in total. The van der Waals surface area contributed by atoms with Crippen LogP contribution in [0.25, 0.3) is 11.0 Å². The number of rotatable bonds is 1. The first-order valence-corrected chi connectivity index (χ1v) is 7.66. The van der Waals surface area contributed by atoms with Crippen molar-refractivity contribution >= 4 is 11.0 Å². The molecule has 7 heteroatoms. The SMILES string of the molecule is COc1cc2c(c3oc(=O)c4c(c13)CC[C@H]4O)[C@]1(O)C=CO[C@@H]1O2. The van der Waals surface area contributed by atoms with Gasteiger partial charge < -0.3 is 28.8 Å². The molecule has 0 unspecified atom stereocenters. The highest BCUT2D eigenvalue weighted by molar-refractivity contribution is 5.94. The van der Waals surface area contributed by atoms with E-state index in [-0.39, 0.29) is 11.1 Å². The van der Waals surface area contributed by atoms with Gasteiger partial charge in [0.1, 0.15) is 11.5 Å². The monoisotopic (exact) mass is 330 g/mol. The molecule has 0 saturated carbocycles. The van der Waals surface area contributed by atoms with Crippen molar-refractivity contribution in [3.63, 3.8) is 0 Å². The van der Waals surface area contributed by atoms with Gasteiger partial charge in [-0.15, -0.1) is 0 Å². The van der Waals surface area contributed by atoms with Gasteiger partial charge in [-0.2, -0.15) is 0 Å². The highest BCUT2D eigenvalue weighted by Crippen LogP contribution is 2.52. The molecule has 24 heavy (non-hydrogen) atoms. The van der Waals surface area contributed by atoms with Crippen molar-refractivity contribution in [2.45, 2.75) is 30.8 Å². The van der Waals surface area contributed by atoms with Crippen LogP contribution in [-0.4, -0.2) is 23.6 Å². The maximum absolute atomic E-state index is 12.4. The molecule has 1 aliphatic carbocycles. The Morgan fingerprint density at radius 3 is 3.04 bits per heavy atom. The van der Waals surface area contributed by atoms with Crippen LogP contribution >= 0.6 is 0 Å². The number of fused-ring (bicyclic) bond motifs is 7. The zero-order chi connectivity index (χ0) is 16.6. The van der Waals surface area contributed by atoms with Gasteiger partial charge in [-0.3, -0.25) is 0 Å². The normalized spacial score (nSPS) is 29.1. The molecule has 1 aromatic heterocycles. The van der Waals surface area contributed by atoms with Gasteiger partial charge in [0.25, 0.3) is 6.29 Å². The molecule has 3 heterocycles. The number of aryl methyl sites for hydroxylation is 1. The second-order valence-electron chi connectivity index (χ2n) is 6.21. The van der Waals surface area contributed by atoms with Crippen LogP contribution in [0.5, 0.6) is 11.5 Å². The Hall–Kier alpha value is -2.51. The Bertz CT molecular complexity index is 973. The predicted octanol–water partition coefficient (Wildman–Crippen LogP) is 1.23. The Morgan fingerprint density at radius 1 is 1.42 bits per heavy atom. The molecule has 2 aliphatic heterocycles. The van der Waals surface area contributed by atoms with E-state index < -0.39 is 23.6 Å². The van der Waals surface area contributed by atoms with Crippen LogP contribution in [0.3, 0.4) is 0 Å². The topological polar surface area (TPSA) is 98.4 Å². The lowest BCUT2D eigenvalue weighted by molar-refractivity contribution is -0.109. The van der Waals surface area contributed by atoms with Gasteiger partial charge in [-0.25, -0.2) is 4.79 Å². The molecule has 0 fully saturated rings. The maximum atomic E-state index is 12.4. The third kappa shape index (κ3) is 1.46. The first kappa shape index (κ1) is 13.9. The number of hydrogen-bond donors (Lipinski definition) is 2. The van der Waals surface area contributed by atoms with Crippen molar-refractivity contribution in [1.82, 2.24) is 0 Å². The second-order valence-corrected chi connectivity index (χ2v) is 6.21. The third-order valence-electron chi connectivity index (χ3n) is 4.99. The lowest BCUT2D eigenvalue weighted by Crippen LogP contribution is -2.33. The lowest BCUT2D eigenvalue weighted by Gasteiger charge is -2.19. The van der Waals surface area contributed by atoms with Crippen molar-refractivity contribution in [3.05, 3.63) is 45.5 Å². The van der Waals surface area contributed by atoms with Gasteiger partial charge in [-0.1, -0.05) is 0 Å². The van der Waals surface area contributed by atoms with E-state index >= 15 is 0 Å². The lowest BCUT2D eigenvalue weighted by atomic mass is 9.91. The van der Waals surface area contributed by atoms with Gasteiger partial charge in [0.2, 0.25) is 0 Å². The maximum Gasteiger partial charge on any atom is 0.342 e. The molecule has 0 amide bonds. The summed E-state index contributed by atoms with van der Waals surface area (Å²) in [6.45, 7) is 0. The van der Waals surface area contributed by atoms with Crippen molar-refractivity contribution in [3.8, 4) is 11.5 Å². The first-order chi connectivity index (χ1) is 11.5. The molecule has 124 valence electrons. The summed E-state index contributed by atoms with van der Waals surface area (Å²) < 4.78 is 21.9. The van der Waals surface area contributed by atoms with Gasteiger partial charge >= 0.3 is 5.63 Å². The summed E-state index contributed by atoms with van der Waals surface area (Å²) in [5.74, 6) is 0.809. The highest BCUT2D eigenvalue weighted by atomic mass is 16.7. The highest BCUT2D eigenvalue weighted by Gasteiger charge is 2.53. The summed E-state index contributed by atoms with van der Waals surface area (Å²) in [6.07, 6.45) is 2.04. The van der Waals surface area contributed by atoms with E-state index in [0.29, 0.717) is 40.9 Å². The minimum absolute atomic E-state index is 0.211. The first-order valence-electron chi connectivity index (χ1n) is 7.66. The molecule has 1 aromatic carbocycles. The molecule has 0 spiro atoms. The molecule has 2 aromatic rings. The Labute approximate surface area is 135 Å². The number of aliphatic hydroxyl groups is 2. The van der Waals surface area contributed by atoms with Crippen LogP contribution in [-0.2, 0) is 16.8 Å². The summed E-state index contributed by atoms with van der Waals surface area (Å²) in [4.78, 5) is 12.4. The average molecular weight is 330 g/mol. The predicted molar refractivity (Wildman–Crippen MR) is 80.9 cm³/mol. The molecular weight excluding hydrogens is 316 g/mol. The van der Waals surface area contributed by atoms with Crippen LogP contribution in [0.2, 0.25) is 0 Å². The van der Waals surface area contributed by atoms with Crippen molar-refractivity contribution in [1.29, 1.82) is 0 Å². The zero-order valence-electron chi connectivity index (χ0n) is 12.7. The smallest absolute Gasteiger partial charge is 0.342 e. The molecule has 2 N–H and O–H groups in total.